The van der Waals surface area contributed by atoms with Crippen LogP contribution in [0.5, 0.6) is 0 Å². The normalized spacial score (nSPS) is 12.1. The highest BCUT2D eigenvalue weighted by Gasteiger charge is 2.04. The summed E-state index contributed by atoms with van der Waals surface area (Å²) in [5.74, 6) is 0. The van der Waals surface area contributed by atoms with Crippen LogP contribution in [0.4, 0.5) is 0 Å². The second kappa shape index (κ2) is 5.82. The van der Waals surface area contributed by atoms with Crippen molar-refractivity contribution in [2.45, 2.75) is 11.3 Å². The molecular weight excluding hydrogens is 222 g/mol. The van der Waals surface area contributed by atoms with Gasteiger partial charge in [-0.15, -0.1) is 0 Å². The van der Waals surface area contributed by atoms with Gasteiger partial charge >= 0.3 is 0 Å². The van der Waals surface area contributed by atoms with Crippen LogP contribution in [0.2, 0.25) is 0 Å². The average molecular weight is 239 g/mol. The molecule has 0 saturated heterocycles. The van der Waals surface area contributed by atoms with Gasteiger partial charge in [-0.05, 0) is 37.7 Å². The summed E-state index contributed by atoms with van der Waals surface area (Å²) in [6.07, 6.45) is 6.23. The van der Waals surface area contributed by atoms with Gasteiger partial charge in [-0.2, -0.15) is 0 Å². The van der Waals surface area contributed by atoms with Crippen LogP contribution in [0.3, 0.4) is 0 Å². The Morgan fingerprint density at radius 1 is 1.25 bits per heavy atom. The number of benzene rings is 1. The molecule has 0 saturated carbocycles. The highest BCUT2D eigenvalue weighted by atomic mass is 32.2. The summed E-state index contributed by atoms with van der Waals surface area (Å²) in [5, 5.41) is 3.05. The molecule has 0 radical (unpaired) electrons. The lowest BCUT2D eigenvalue weighted by molar-refractivity contribution is 0.602. The molecule has 0 heterocycles. The summed E-state index contributed by atoms with van der Waals surface area (Å²) >= 11 is 0. The minimum atomic E-state index is -3.08. The lowest BCUT2D eigenvalue weighted by Crippen LogP contribution is -2.05. The van der Waals surface area contributed by atoms with Gasteiger partial charge < -0.3 is 5.32 Å². The lowest BCUT2D eigenvalue weighted by Gasteiger charge is -1.98. The van der Waals surface area contributed by atoms with Crippen molar-refractivity contribution in [3.63, 3.8) is 0 Å². The van der Waals surface area contributed by atoms with Gasteiger partial charge in [0.15, 0.2) is 9.84 Å². The molecule has 88 valence electrons. The maximum atomic E-state index is 11.2. The Morgan fingerprint density at radius 2 is 1.88 bits per heavy atom. The molecule has 0 amide bonds. The molecule has 1 aromatic carbocycles. The molecular formula is C12H17NO2S. The Labute approximate surface area is 97.1 Å². The van der Waals surface area contributed by atoms with Crippen LogP contribution in [0.25, 0.3) is 6.08 Å². The van der Waals surface area contributed by atoms with E-state index in [0.29, 0.717) is 4.90 Å². The molecule has 0 atom stereocenters. The van der Waals surface area contributed by atoms with Gasteiger partial charge in [-0.1, -0.05) is 24.3 Å². The maximum absolute atomic E-state index is 11.2. The summed E-state index contributed by atoms with van der Waals surface area (Å²) in [6, 6.07) is 6.89. The monoisotopic (exact) mass is 239 g/mol. The predicted octanol–water partition coefficient (Wildman–Crippen LogP) is 1.71. The van der Waals surface area contributed by atoms with E-state index in [-0.39, 0.29) is 0 Å². The largest absolute Gasteiger partial charge is 0.319 e. The van der Waals surface area contributed by atoms with Crippen molar-refractivity contribution >= 4 is 15.9 Å². The van der Waals surface area contributed by atoms with Crippen LogP contribution in [0.1, 0.15) is 12.0 Å². The van der Waals surface area contributed by atoms with Gasteiger partial charge in [0.2, 0.25) is 0 Å². The quantitative estimate of drug-likeness (QED) is 0.796. The molecule has 0 spiro atoms. The lowest BCUT2D eigenvalue weighted by atomic mass is 10.2. The third-order valence-corrected chi connectivity index (χ3v) is 3.31. The van der Waals surface area contributed by atoms with Gasteiger partial charge in [0, 0.05) is 6.26 Å². The first-order valence-corrected chi connectivity index (χ1v) is 7.04. The van der Waals surface area contributed by atoms with Crippen molar-refractivity contribution in [1.29, 1.82) is 0 Å². The van der Waals surface area contributed by atoms with Crippen molar-refractivity contribution < 1.29 is 8.42 Å². The van der Waals surface area contributed by atoms with Crippen LogP contribution < -0.4 is 5.32 Å². The van der Waals surface area contributed by atoms with E-state index in [9.17, 15) is 8.42 Å². The molecule has 1 aromatic rings. The molecule has 1 N–H and O–H groups in total. The average Bonchev–Trinajstić information content (AvgIpc) is 2.24. The van der Waals surface area contributed by atoms with E-state index in [2.05, 4.69) is 11.4 Å². The minimum Gasteiger partial charge on any atom is -0.319 e. The molecule has 4 heteroatoms. The Morgan fingerprint density at radius 3 is 2.38 bits per heavy atom. The second-order valence-corrected chi connectivity index (χ2v) is 5.65. The number of rotatable bonds is 5. The third kappa shape index (κ3) is 4.16. The molecule has 1 rings (SSSR count). The van der Waals surface area contributed by atoms with E-state index in [4.69, 9.17) is 0 Å². The Bertz CT molecular complexity index is 446. The fourth-order valence-corrected chi connectivity index (χ4v) is 1.90. The highest BCUT2D eigenvalue weighted by Crippen LogP contribution is 2.11. The minimum absolute atomic E-state index is 0.361. The number of hydrogen-bond donors (Lipinski definition) is 1. The zero-order valence-corrected chi connectivity index (χ0v) is 10.4. The molecule has 3 nitrogen and oxygen atoms in total. The fraction of sp³-hybridized carbons (Fsp3) is 0.333. The zero-order valence-electron chi connectivity index (χ0n) is 9.60. The molecule has 0 aliphatic heterocycles. The van der Waals surface area contributed by atoms with Crippen LogP contribution >= 0.6 is 0 Å². The van der Waals surface area contributed by atoms with Crippen molar-refractivity contribution in [3.8, 4) is 0 Å². The van der Waals surface area contributed by atoms with Gasteiger partial charge in [0.25, 0.3) is 0 Å². The molecule has 0 fully saturated rings. The van der Waals surface area contributed by atoms with Crippen LogP contribution in [-0.4, -0.2) is 28.3 Å². The smallest absolute Gasteiger partial charge is 0.175 e. The third-order valence-electron chi connectivity index (χ3n) is 2.18. The van der Waals surface area contributed by atoms with E-state index < -0.39 is 9.84 Å². The maximum Gasteiger partial charge on any atom is 0.175 e. The summed E-state index contributed by atoms with van der Waals surface area (Å²) in [6.45, 7) is 0.942. The Hall–Kier alpha value is -1.13. The van der Waals surface area contributed by atoms with Crippen molar-refractivity contribution in [2.24, 2.45) is 0 Å². The standard InChI is InChI=1S/C12H17NO2S/c1-13-10-4-3-5-11-6-8-12(9-7-11)16(2,14)15/h3,5-9,13H,4,10H2,1-2H3. The first kappa shape index (κ1) is 12.9. The highest BCUT2D eigenvalue weighted by molar-refractivity contribution is 7.90. The van der Waals surface area contributed by atoms with Crippen LogP contribution in [-0.2, 0) is 9.84 Å². The van der Waals surface area contributed by atoms with Gasteiger partial charge in [-0.25, -0.2) is 8.42 Å². The first-order valence-electron chi connectivity index (χ1n) is 5.15. The van der Waals surface area contributed by atoms with Crippen LogP contribution in [0.15, 0.2) is 35.2 Å². The summed E-state index contributed by atoms with van der Waals surface area (Å²) in [7, 11) is -1.17. The van der Waals surface area contributed by atoms with Crippen molar-refractivity contribution in [1.82, 2.24) is 5.32 Å². The molecule has 0 bridgehead atoms. The molecule has 0 unspecified atom stereocenters. The van der Waals surface area contributed by atoms with Crippen molar-refractivity contribution in [3.05, 3.63) is 35.9 Å². The molecule has 0 aliphatic carbocycles. The fourth-order valence-electron chi connectivity index (χ4n) is 1.27. The van der Waals surface area contributed by atoms with Crippen LogP contribution in [0, 0.1) is 0 Å². The van der Waals surface area contributed by atoms with E-state index in [1.165, 1.54) is 6.26 Å². The van der Waals surface area contributed by atoms with Gasteiger partial charge in [0.1, 0.15) is 0 Å². The number of nitrogens with one attached hydrogen (secondary N) is 1. The predicted molar refractivity (Wildman–Crippen MR) is 67.1 cm³/mol. The SMILES string of the molecule is CNCCC=Cc1ccc(S(C)(=O)=O)cc1. The summed E-state index contributed by atoms with van der Waals surface area (Å²) in [4.78, 5) is 0.361. The van der Waals surface area contributed by atoms with E-state index in [0.717, 1.165) is 18.5 Å². The second-order valence-electron chi connectivity index (χ2n) is 3.64. The number of sulfone groups is 1. The molecule has 0 aromatic heterocycles. The topological polar surface area (TPSA) is 46.2 Å². The zero-order chi connectivity index (χ0) is 12.0. The van der Waals surface area contributed by atoms with E-state index >= 15 is 0 Å². The van der Waals surface area contributed by atoms with Gasteiger partial charge in [-0.3, -0.25) is 0 Å². The van der Waals surface area contributed by atoms with E-state index in [1.54, 1.807) is 12.1 Å². The van der Waals surface area contributed by atoms with Gasteiger partial charge in [0.05, 0.1) is 4.90 Å². The summed E-state index contributed by atoms with van der Waals surface area (Å²) in [5.41, 5.74) is 1.02. The molecule has 16 heavy (non-hydrogen) atoms. The summed E-state index contributed by atoms with van der Waals surface area (Å²) < 4.78 is 22.4. The molecule has 0 aliphatic rings. The Kier molecular flexibility index (Phi) is 4.71. The van der Waals surface area contributed by atoms with E-state index in [1.807, 2.05) is 25.3 Å². The van der Waals surface area contributed by atoms with Crippen molar-refractivity contribution in [2.75, 3.05) is 19.8 Å². The first-order chi connectivity index (χ1) is 7.54. The Balaban J connectivity index is 2.69. The number of hydrogen-bond acceptors (Lipinski definition) is 3.